The summed E-state index contributed by atoms with van der Waals surface area (Å²) >= 11 is 0. The van der Waals surface area contributed by atoms with Crippen LogP contribution in [0, 0.1) is 0 Å². The molecule has 37 heteroatoms. The summed E-state index contributed by atoms with van der Waals surface area (Å²) in [7, 11) is -2.97. The normalized spacial score (nSPS) is 24.4. The van der Waals surface area contributed by atoms with Crippen LogP contribution in [0.5, 0.6) is 0 Å². The van der Waals surface area contributed by atoms with Gasteiger partial charge in [-0.15, -0.1) is 0 Å². The van der Waals surface area contributed by atoms with Gasteiger partial charge in [-0.25, -0.2) is 14.4 Å². The maximum absolute atomic E-state index is 15.5. The molecule has 0 bridgehead atoms. The number of ketones is 2. The van der Waals surface area contributed by atoms with E-state index in [2.05, 4.69) is 20.1 Å². The van der Waals surface area contributed by atoms with Crippen molar-refractivity contribution in [1.82, 2.24) is 4.90 Å². The zero-order chi connectivity index (χ0) is 100. The minimum absolute atomic E-state index is 0.0200. The average molecular weight is 1960 g/mol. The van der Waals surface area contributed by atoms with Gasteiger partial charge in [-0.2, -0.15) is 0 Å². The molecule has 4 aliphatic heterocycles. The first-order valence-electron chi connectivity index (χ1n) is 46.8. The van der Waals surface area contributed by atoms with Gasteiger partial charge in [-0.1, -0.05) is 249 Å². The number of Topliss-reactive ketones (excluding diaryl/α,β-unsaturated/α-hetero) is 2. The summed E-state index contributed by atoms with van der Waals surface area (Å²) in [6, 6.07) is 66.1. The molecule has 12 rings (SSSR count). The standard InChI is InChI=1S/C104H121N7O29Si/c1-67(112)51-53-83(116)124-65-80-88(93(128-60-74-41-24-13-25-42-74)95(135-97(118)77-47-30-16-31-48-77)101(133-80)121-56-34-55-111(57-71-35-18-10-19-36-71)103(120)130-62-76-45-28-15-29-46-76)137-99-85(107-109-105)91(126-58-72-37-20-11-21-38-72)87(79(131-99)63-122-69(3)114)139-102-96(136-98(119)78-49-32-17-33-50-78)94(129-61-75-43-26-14-27-44-75)89(81(134-102)66-125-84(117)54-52-68(2)113)138-100-86(108-110-106)92(127-59-73-39-22-12-23-40-73)90(82(132-100)64-123-70(4)115)140-141(8,9)104(5,6)7/h10-33,35-50,79-82,85-96,99-102H,34,51-66H2,1-9H3/t79-,80+,81+,82-,85-,86-,87-,88-,89-,90-,91-,92-,93+,94+,95-,96-,99-,100-,101-,102+/m1/s1. The molecule has 8 aromatic rings. The molecule has 4 saturated heterocycles. The van der Waals surface area contributed by atoms with Crippen molar-refractivity contribution in [3.05, 3.63) is 308 Å². The first kappa shape index (κ1) is 107. The van der Waals surface area contributed by atoms with Crippen molar-refractivity contribution >= 4 is 61.8 Å². The Balaban J connectivity index is 0.994. The highest BCUT2D eigenvalue weighted by atomic mass is 28.4. The van der Waals surface area contributed by atoms with Gasteiger partial charge in [0.15, 0.2) is 45.7 Å². The predicted octanol–water partition coefficient (Wildman–Crippen LogP) is 15.8. The molecule has 4 fully saturated rings. The van der Waals surface area contributed by atoms with E-state index in [9.17, 15) is 44.6 Å². The van der Waals surface area contributed by atoms with Crippen LogP contribution in [0.15, 0.2) is 253 Å². The van der Waals surface area contributed by atoms with E-state index >= 15 is 9.59 Å². The lowest BCUT2D eigenvalue weighted by Crippen LogP contribution is -2.69. The van der Waals surface area contributed by atoms with Gasteiger partial charge in [0, 0.05) is 49.6 Å². The van der Waals surface area contributed by atoms with E-state index in [1.54, 1.807) is 127 Å². The van der Waals surface area contributed by atoms with E-state index in [-0.39, 0.29) is 101 Å². The minimum atomic E-state index is -2.97. The van der Waals surface area contributed by atoms with E-state index in [1.807, 2.05) is 125 Å². The number of azide groups is 2. The zero-order valence-electron chi connectivity index (χ0n) is 80.1. The van der Waals surface area contributed by atoms with Crippen LogP contribution in [0.2, 0.25) is 18.1 Å². The largest absolute Gasteiger partial charge is 0.463 e. The summed E-state index contributed by atoms with van der Waals surface area (Å²) in [6.45, 7) is 11.0. The number of benzene rings is 8. The third-order valence-corrected chi connectivity index (χ3v) is 28.6. The van der Waals surface area contributed by atoms with Gasteiger partial charge in [0.25, 0.3) is 0 Å². The number of carbonyl (C=O) groups is 9. The molecule has 0 aromatic heterocycles. The fourth-order valence-electron chi connectivity index (χ4n) is 15.9. The van der Waals surface area contributed by atoms with Crippen molar-refractivity contribution in [2.45, 2.75) is 261 Å². The number of carbonyl (C=O) groups excluding carboxylic acids is 9. The molecule has 0 aliphatic carbocycles. The molecule has 8 aromatic carbocycles. The van der Waals surface area contributed by atoms with Crippen LogP contribution in [0.4, 0.5) is 4.79 Å². The molecule has 0 radical (unpaired) electrons. The van der Waals surface area contributed by atoms with E-state index < -0.39 is 211 Å². The lowest BCUT2D eigenvalue weighted by atomic mass is 9.94. The van der Waals surface area contributed by atoms with Gasteiger partial charge in [0.1, 0.15) is 124 Å². The van der Waals surface area contributed by atoms with Crippen molar-refractivity contribution < 1.29 is 138 Å². The summed E-state index contributed by atoms with van der Waals surface area (Å²) < 4.78 is 136. The molecule has 36 nitrogen and oxygen atoms in total. The molecule has 1 amide bonds. The van der Waals surface area contributed by atoms with E-state index in [1.165, 1.54) is 49.9 Å². The maximum atomic E-state index is 15.5. The van der Waals surface area contributed by atoms with Crippen LogP contribution in [0.25, 0.3) is 20.9 Å². The molecule has 4 aliphatic rings. The third-order valence-electron chi connectivity index (χ3n) is 24.2. The molecular weight excluding hydrogens is 1840 g/mol. The highest BCUT2D eigenvalue weighted by Crippen LogP contribution is 2.45. The number of ether oxygens (including phenoxy) is 19. The number of amides is 1. The van der Waals surface area contributed by atoms with Crippen LogP contribution < -0.4 is 0 Å². The Kier molecular flexibility index (Phi) is 41.1. The van der Waals surface area contributed by atoms with Gasteiger partial charge in [-0.05, 0) is 107 Å². The molecule has 0 saturated carbocycles. The van der Waals surface area contributed by atoms with Crippen LogP contribution >= 0.6 is 0 Å². The first-order valence-corrected chi connectivity index (χ1v) is 49.7. The molecule has 0 N–H and O–H groups in total. The van der Waals surface area contributed by atoms with Gasteiger partial charge < -0.3 is 109 Å². The van der Waals surface area contributed by atoms with Crippen molar-refractivity contribution in [3.63, 3.8) is 0 Å². The third kappa shape index (κ3) is 32.3. The van der Waals surface area contributed by atoms with Crippen molar-refractivity contribution in [2.75, 3.05) is 39.6 Å². The summed E-state index contributed by atoms with van der Waals surface area (Å²) in [5.74, 6) is -5.95. The Bertz CT molecular complexity index is 5410. The molecule has 4 heterocycles. The van der Waals surface area contributed by atoms with Crippen molar-refractivity contribution in [2.24, 2.45) is 10.2 Å². The van der Waals surface area contributed by atoms with Crippen LogP contribution in [-0.4, -0.2) is 229 Å². The fourth-order valence-corrected chi connectivity index (χ4v) is 17.2. The quantitative estimate of drug-likeness (QED) is 0.00650. The highest BCUT2D eigenvalue weighted by Gasteiger charge is 2.61. The van der Waals surface area contributed by atoms with Gasteiger partial charge in [-0.3, -0.25) is 19.2 Å². The predicted molar refractivity (Wildman–Crippen MR) is 508 cm³/mol. The Morgan fingerprint density at radius 1 is 0.362 bits per heavy atom. The molecule has 0 spiro atoms. The number of nitrogens with zero attached hydrogens (tertiary/aromatic N) is 7. The Morgan fingerprint density at radius 2 is 0.681 bits per heavy atom. The number of rotatable bonds is 49. The topological polar surface area (TPSA) is 439 Å². The molecule has 0 unspecified atom stereocenters. The molecule has 141 heavy (non-hydrogen) atoms. The summed E-state index contributed by atoms with van der Waals surface area (Å²) in [4.78, 5) is 133. The fraction of sp³-hybridized carbons (Fsp3) is 0.452. The average Bonchev–Trinajstić information content (AvgIpc) is 0.749. The van der Waals surface area contributed by atoms with E-state index in [0.717, 1.165) is 18.1 Å². The second kappa shape index (κ2) is 53.9. The zero-order valence-corrected chi connectivity index (χ0v) is 81.1. The first-order chi connectivity index (χ1) is 68.1. The highest BCUT2D eigenvalue weighted by molar-refractivity contribution is 6.74. The van der Waals surface area contributed by atoms with Crippen LogP contribution in [0.1, 0.15) is 135 Å². The number of esters is 6. The molecule has 20 atom stereocenters. The number of hydrogen-bond donors (Lipinski definition) is 0. The summed E-state index contributed by atoms with van der Waals surface area (Å²) in [5, 5.41) is 8.31. The Morgan fingerprint density at radius 3 is 1.06 bits per heavy atom. The van der Waals surface area contributed by atoms with Crippen LogP contribution in [0.3, 0.4) is 0 Å². The van der Waals surface area contributed by atoms with E-state index in [0.29, 0.717) is 22.3 Å². The van der Waals surface area contributed by atoms with E-state index in [4.69, 9.17) is 94.4 Å². The van der Waals surface area contributed by atoms with Crippen LogP contribution in [-0.2, 0) is 163 Å². The molecular formula is C104H121N7O29Si. The summed E-state index contributed by atoms with van der Waals surface area (Å²) in [6.07, 6.45) is -32.6. The maximum Gasteiger partial charge on any atom is 0.410 e. The monoisotopic (exact) mass is 1960 g/mol. The van der Waals surface area contributed by atoms with Crippen molar-refractivity contribution in [1.29, 1.82) is 0 Å². The number of hydrogen-bond acceptors (Lipinski definition) is 31. The lowest BCUT2D eigenvalue weighted by molar-refractivity contribution is -0.380. The smallest absolute Gasteiger partial charge is 0.410 e. The van der Waals surface area contributed by atoms with Gasteiger partial charge in [0.05, 0.1) is 63.1 Å². The molecule has 750 valence electrons. The lowest BCUT2D eigenvalue weighted by Gasteiger charge is -2.52. The second-order valence-corrected chi connectivity index (χ2v) is 40.5. The SMILES string of the molecule is CC(=O)CCC(=O)OC[C@@H]1O[C@@H](OCCCN(Cc2ccccc2)C(=O)OCc2ccccc2)[C@H](OC(=O)c2ccccc2)[C@@H](OCc2ccccc2)[C@@H]1O[C@H]1O[C@H](COC(C)=O)[C@@H](O[C@@H]2O[C@@H](COC(=O)CCC(C)=O)[C@@H](O[C@H]3O[C@H](COC(C)=O)[C@@H](O[Si](C)(C)C(C)(C)C)[C@H](OCc4ccccc4)[C@H]3N=[N+]=[N-])[C@H](OCc3ccccc3)[C@H]2OC(=O)c2ccccc2)[C@H](OCc2ccccc2)[C@H]1N=[N+]=[N-]. The Labute approximate surface area is 819 Å². The van der Waals surface area contributed by atoms with Crippen molar-refractivity contribution in [3.8, 4) is 0 Å². The Hall–Kier alpha value is -12.5. The minimum Gasteiger partial charge on any atom is -0.463 e. The van der Waals surface area contributed by atoms with Gasteiger partial charge in [0.2, 0.25) is 0 Å². The van der Waals surface area contributed by atoms with Gasteiger partial charge >= 0.3 is 41.9 Å². The summed E-state index contributed by atoms with van der Waals surface area (Å²) in [5.41, 5.74) is 26.1. The second-order valence-electron chi connectivity index (χ2n) is 35.8.